The van der Waals surface area contributed by atoms with E-state index in [0.717, 1.165) is 0 Å². The van der Waals surface area contributed by atoms with Crippen LogP contribution in [0.4, 0.5) is 5.69 Å². The molecule has 2 aliphatic rings. The average molecular weight is 295 g/mol. The summed E-state index contributed by atoms with van der Waals surface area (Å²) >= 11 is 3.56. The fourth-order valence-corrected chi connectivity index (χ4v) is 3.32. The van der Waals surface area contributed by atoms with E-state index in [0.29, 0.717) is 5.41 Å². The Hall–Kier alpha value is -0.540. The van der Waals surface area contributed by atoms with Crippen molar-refractivity contribution in [2.24, 2.45) is 5.41 Å². The molecule has 0 saturated carbocycles. The maximum Gasteiger partial charge on any atom is 0.0370 e. The number of halogens is 1. The molecule has 2 aliphatic heterocycles. The van der Waals surface area contributed by atoms with E-state index in [1.165, 1.54) is 54.7 Å². The van der Waals surface area contributed by atoms with Crippen molar-refractivity contribution >= 4 is 21.6 Å². The Balaban J connectivity index is 1.70. The molecule has 3 heteroatoms. The minimum Gasteiger partial charge on any atom is -0.370 e. The summed E-state index contributed by atoms with van der Waals surface area (Å²) < 4.78 is 1.20. The van der Waals surface area contributed by atoms with Crippen molar-refractivity contribution in [1.29, 1.82) is 0 Å². The average Bonchev–Trinajstić information content (AvgIpc) is 2.31. The van der Waals surface area contributed by atoms with Crippen molar-refractivity contribution in [3.05, 3.63) is 28.2 Å². The van der Waals surface area contributed by atoms with Gasteiger partial charge in [-0.3, -0.25) is 0 Å². The predicted molar refractivity (Wildman–Crippen MR) is 75.6 cm³/mol. The molecule has 0 aromatic heterocycles. The number of hydrogen-bond acceptors (Lipinski definition) is 2. The fraction of sp³-hybridized carbons (Fsp3) is 0.571. The smallest absolute Gasteiger partial charge is 0.0370 e. The van der Waals surface area contributed by atoms with Crippen LogP contribution in [-0.4, -0.2) is 26.2 Å². The minimum atomic E-state index is 0.569. The third-order valence-corrected chi connectivity index (χ3v) is 5.01. The van der Waals surface area contributed by atoms with Gasteiger partial charge in [0.25, 0.3) is 0 Å². The highest BCUT2D eigenvalue weighted by Crippen LogP contribution is 2.39. The Kier molecular flexibility index (Phi) is 2.91. The van der Waals surface area contributed by atoms with E-state index in [1.807, 2.05) is 0 Å². The van der Waals surface area contributed by atoms with Crippen LogP contribution in [0.15, 0.2) is 22.7 Å². The molecule has 17 heavy (non-hydrogen) atoms. The maximum absolute atomic E-state index is 3.56. The Morgan fingerprint density at radius 1 is 1.35 bits per heavy atom. The molecule has 0 bridgehead atoms. The van der Waals surface area contributed by atoms with E-state index in [9.17, 15) is 0 Å². The summed E-state index contributed by atoms with van der Waals surface area (Å²) in [4.78, 5) is 2.51. The zero-order valence-corrected chi connectivity index (χ0v) is 11.9. The molecule has 2 nitrogen and oxygen atoms in total. The van der Waals surface area contributed by atoms with Crippen LogP contribution in [0.3, 0.4) is 0 Å². The molecular weight excluding hydrogens is 276 g/mol. The summed E-state index contributed by atoms with van der Waals surface area (Å²) in [5.74, 6) is 0. The van der Waals surface area contributed by atoms with Gasteiger partial charge >= 0.3 is 0 Å². The first-order chi connectivity index (χ1) is 8.19. The highest BCUT2D eigenvalue weighted by molar-refractivity contribution is 9.10. The van der Waals surface area contributed by atoms with E-state index in [4.69, 9.17) is 0 Å². The number of benzene rings is 1. The minimum absolute atomic E-state index is 0.569. The lowest BCUT2D eigenvalue weighted by atomic mass is 9.74. The van der Waals surface area contributed by atoms with E-state index >= 15 is 0 Å². The molecule has 1 aromatic rings. The van der Waals surface area contributed by atoms with Gasteiger partial charge in [0, 0.05) is 35.2 Å². The van der Waals surface area contributed by atoms with Gasteiger partial charge in [-0.05, 0) is 50.1 Å². The van der Waals surface area contributed by atoms with E-state index in [2.05, 4.69) is 51.3 Å². The molecular formula is C14H19BrN2. The highest BCUT2D eigenvalue weighted by Gasteiger charge is 2.43. The summed E-state index contributed by atoms with van der Waals surface area (Å²) in [5, 5.41) is 3.54. The molecule has 3 rings (SSSR count). The third kappa shape index (κ3) is 2.11. The van der Waals surface area contributed by atoms with Crippen molar-refractivity contribution in [1.82, 2.24) is 5.32 Å². The zero-order valence-electron chi connectivity index (χ0n) is 10.3. The van der Waals surface area contributed by atoms with E-state index < -0.39 is 0 Å². The van der Waals surface area contributed by atoms with Crippen LogP contribution in [0, 0.1) is 12.3 Å². The van der Waals surface area contributed by atoms with Crippen molar-refractivity contribution in [3.8, 4) is 0 Å². The molecule has 1 N–H and O–H groups in total. The monoisotopic (exact) mass is 294 g/mol. The first-order valence-electron chi connectivity index (χ1n) is 6.40. The van der Waals surface area contributed by atoms with Gasteiger partial charge in [-0.15, -0.1) is 0 Å². The van der Waals surface area contributed by atoms with E-state index in [-0.39, 0.29) is 0 Å². The quantitative estimate of drug-likeness (QED) is 0.857. The van der Waals surface area contributed by atoms with Gasteiger partial charge in [0.2, 0.25) is 0 Å². The molecule has 2 fully saturated rings. The van der Waals surface area contributed by atoms with E-state index in [1.54, 1.807) is 0 Å². The number of aryl methyl sites for hydroxylation is 1. The Bertz CT molecular complexity index is 416. The molecule has 1 aromatic carbocycles. The number of hydrogen-bond donors (Lipinski definition) is 1. The SMILES string of the molecule is Cc1cc(N2CC3(CCCNC3)C2)ccc1Br. The zero-order chi connectivity index (χ0) is 11.9. The lowest BCUT2D eigenvalue weighted by molar-refractivity contribution is 0.157. The van der Waals surface area contributed by atoms with Gasteiger partial charge in [-0.25, -0.2) is 0 Å². The number of nitrogens with zero attached hydrogens (tertiary/aromatic N) is 1. The van der Waals surface area contributed by atoms with Gasteiger partial charge in [-0.1, -0.05) is 15.9 Å². The van der Waals surface area contributed by atoms with Crippen LogP contribution < -0.4 is 10.2 Å². The topological polar surface area (TPSA) is 15.3 Å². The summed E-state index contributed by atoms with van der Waals surface area (Å²) in [7, 11) is 0. The van der Waals surface area contributed by atoms with Gasteiger partial charge in [0.15, 0.2) is 0 Å². The second-order valence-corrected chi connectivity index (χ2v) is 6.42. The number of rotatable bonds is 1. The summed E-state index contributed by atoms with van der Waals surface area (Å²) in [6.45, 7) is 7.02. The standard InChI is InChI=1S/C14H19BrN2/c1-11-7-12(3-4-13(11)15)17-9-14(10-17)5-2-6-16-8-14/h3-4,7,16H,2,5-6,8-10H2,1H3. The molecule has 0 unspecified atom stereocenters. The largest absolute Gasteiger partial charge is 0.370 e. The molecule has 0 amide bonds. The summed E-state index contributed by atoms with van der Waals surface area (Å²) in [6, 6.07) is 6.67. The Morgan fingerprint density at radius 2 is 2.18 bits per heavy atom. The van der Waals surface area contributed by atoms with Crippen molar-refractivity contribution in [2.45, 2.75) is 19.8 Å². The molecule has 2 heterocycles. The molecule has 0 aliphatic carbocycles. The van der Waals surface area contributed by atoms with Gasteiger partial charge < -0.3 is 10.2 Å². The fourth-order valence-electron chi connectivity index (χ4n) is 3.07. The first-order valence-corrected chi connectivity index (χ1v) is 7.20. The second kappa shape index (κ2) is 4.29. The maximum atomic E-state index is 3.56. The van der Waals surface area contributed by atoms with Crippen LogP contribution in [-0.2, 0) is 0 Å². The molecule has 2 saturated heterocycles. The normalized spacial score (nSPS) is 22.6. The Labute approximate surface area is 112 Å². The van der Waals surface area contributed by atoms with Crippen LogP contribution in [0.25, 0.3) is 0 Å². The molecule has 92 valence electrons. The van der Waals surface area contributed by atoms with Crippen molar-refractivity contribution < 1.29 is 0 Å². The summed E-state index contributed by atoms with van der Waals surface area (Å²) in [6.07, 6.45) is 2.74. The lowest BCUT2D eigenvalue weighted by Crippen LogP contribution is -2.62. The number of nitrogens with one attached hydrogen (secondary N) is 1. The second-order valence-electron chi connectivity index (χ2n) is 5.57. The predicted octanol–water partition coefficient (Wildman–Crippen LogP) is 2.95. The van der Waals surface area contributed by atoms with Crippen LogP contribution in [0.1, 0.15) is 18.4 Å². The van der Waals surface area contributed by atoms with Crippen LogP contribution in [0.2, 0.25) is 0 Å². The van der Waals surface area contributed by atoms with Crippen molar-refractivity contribution in [3.63, 3.8) is 0 Å². The number of anilines is 1. The van der Waals surface area contributed by atoms with Crippen LogP contribution >= 0.6 is 15.9 Å². The summed E-state index contributed by atoms with van der Waals surface area (Å²) in [5.41, 5.74) is 3.27. The van der Waals surface area contributed by atoms with Crippen LogP contribution in [0.5, 0.6) is 0 Å². The number of piperidine rings is 1. The Morgan fingerprint density at radius 3 is 2.82 bits per heavy atom. The highest BCUT2D eigenvalue weighted by atomic mass is 79.9. The van der Waals surface area contributed by atoms with Gasteiger partial charge in [-0.2, -0.15) is 0 Å². The molecule has 0 atom stereocenters. The van der Waals surface area contributed by atoms with Gasteiger partial charge in [0.05, 0.1) is 0 Å². The lowest BCUT2D eigenvalue weighted by Gasteiger charge is -2.53. The molecule has 1 spiro atoms. The van der Waals surface area contributed by atoms with Crippen molar-refractivity contribution in [2.75, 3.05) is 31.1 Å². The van der Waals surface area contributed by atoms with Gasteiger partial charge in [0.1, 0.15) is 0 Å². The molecule has 0 radical (unpaired) electrons. The third-order valence-electron chi connectivity index (χ3n) is 4.12. The first kappa shape index (κ1) is 11.5.